The molecule has 0 atom stereocenters. The standard InChI is InChI=1S/C21H21F3N4O4S/c1-13-8-9-16(33(30,31)27(2)3)11-17(13)25-20(29)19-18(32-4)12-28(26-19)15-7-5-6-14(10-15)21(22,23)24/h5-12H,1-4H3,(H,25,29). The number of methoxy groups -OCH3 is 1. The molecule has 3 rings (SSSR count). The number of alkyl halides is 3. The van der Waals surface area contributed by atoms with Crippen LogP contribution < -0.4 is 10.1 Å². The molecule has 0 saturated heterocycles. The number of aryl methyl sites for hydroxylation is 1. The fourth-order valence-corrected chi connectivity index (χ4v) is 3.84. The highest BCUT2D eigenvalue weighted by molar-refractivity contribution is 7.89. The number of hydrogen-bond donors (Lipinski definition) is 1. The van der Waals surface area contributed by atoms with Gasteiger partial charge in [0.25, 0.3) is 5.91 Å². The van der Waals surface area contributed by atoms with Crippen molar-refractivity contribution in [1.82, 2.24) is 14.1 Å². The van der Waals surface area contributed by atoms with Gasteiger partial charge in [-0.2, -0.15) is 18.3 Å². The largest absolute Gasteiger partial charge is 0.493 e. The lowest BCUT2D eigenvalue weighted by Crippen LogP contribution is -2.22. The highest BCUT2D eigenvalue weighted by Crippen LogP contribution is 2.31. The Hall–Kier alpha value is -3.38. The van der Waals surface area contributed by atoms with E-state index in [1.54, 1.807) is 13.0 Å². The van der Waals surface area contributed by atoms with Gasteiger partial charge in [0, 0.05) is 19.8 Å². The van der Waals surface area contributed by atoms with Gasteiger partial charge in [-0.1, -0.05) is 12.1 Å². The topological polar surface area (TPSA) is 93.5 Å². The van der Waals surface area contributed by atoms with Crippen LogP contribution in [-0.4, -0.2) is 49.6 Å². The number of nitrogens with zero attached hydrogens (tertiary/aromatic N) is 3. The van der Waals surface area contributed by atoms with Gasteiger partial charge in [0.2, 0.25) is 10.0 Å². The Morgan fingerprint density at radius 1 is 1.15 bits per heavy atom. The van der Waals surface area contributed by atoms with Crippen LogP contribution in [0, 0.1) is 6.92 Å². The lowest BCUT2D eigenvalue weighted by atomic mass is 10.2. The van der Waals surface area contributed by atoms with E-state index in [1.165, 1.54) is 51.7 Å². The van der Waals surface area contributed by atoms with Gasteiger partial charge in [-0.05, 0) is 42.8 Å². The fraction of sp³-hybridized carbons (Fsp3) is 0.238. The minimum Gasteiger partial charge on any atom is -0.493 e. The number of aromatic nitrogens is 2. The molecule has 3 aromatic rings. The lowest BCUT2D eigenvalue weighted by Gasteiger charge is -2.14. The van der Waals surface area contributed by atoms with Crippen molar-refractivity contribution in [3.63, 3.8) is 0 Å². The Kier molecular flexibility index (Phi) is 6.52. The van der Waals surface area contributed by atoms with Gasteiger partial charge >= 0.3 is 6.18 Å². The number of amides is 1. The quantitative estimate of drug-likeness (QED) is 0.578. The van der Waals surface area contributed by atoms with Gasteiger partial charge in [0.15, 0.2) is 11.4 Å². The Morgan fingerprint density at radius 2 is 1.85 bits per heavy atom. The Labute approximate surface area is 188 Å². The van der Waals surface area contributed by atoms with Gasteiger partial charge in [-0.25, -0.2) is 17.4 Å². The first-order valence-electron chi connectivity index (χ1n) is 9.50. The van der Waals surface area contributed by atoms with E-state index in [0.29, 0.717) is 5.56 Å². The zero-order valence-corrected chi connectivity index (χ0v) is 19.0. The molecule has 176 valence electrons. The molecular formula is C21H21F3N4O4S. The van der Waals surface area contributed by atoms with Crippen LogP contribution >= 0.6 is 0 Å². The van der Waals surface area contributed by atoms with E-state index >= 15 is 0 Å². The summed E-state index contributed by atoms with van der Waals surface area (Å²) >= 11 is 0. The summed E-state index contributed by atoms with van der Waals surface area (Å²) in [6.07, 6.45) is -3.26. The number of carbonyl (C=O) groups is 1. The van der Waals surface area contributed by atoms with E-state index in [9.17, 15) is 26.4 Å². The second-order valence-electron chi connectivity index (χ2n) is 7.26. The molecule has 0 spiro atoms. The minimum absolute atomic E-state index is 0.0186. The van der Waals surface area contributed by atoms with Crippen molar-refractivity contribution in [2.45, 2.75) is 18.0 Å². The summed E-state index contributed by atoms with van der Waals surface area (Å²) in [7, 11) is 0.335. The molecule has 1 N–H and O–H groups in total. The first-order valence-corrected chi connectivity index (χ1v) is 10.9. The molecule has 1 amide bonds. The average molecular weight is 482 g/mol. The predicted molar refractivity (Wildman–Crippen MR) is 115 cm³/mol. The highest BCUT2D eigenvalue weighted by Gasteiger charge is 2.31. The van der Waals surface area contributed by atoms with E-state index in [-0.39, 0.29) is 27.7 Å². The van der Waals surface area contributed by atoms with Crippen LogP contribution in [0.4, 0.5) is 18.9 Å². The number of sulfonamides is 1. The number of carbonyl (C=O) groups excluding carboxylic acids is 1. The first kappa shape index (κ1) is 24.3. The van der Waals surface area contributed by atoms with Crippen molar-refractivity contribution in [3.05, 3.63) is 65.5 Å². The molecule has 2 aromatic carbocycles. The Balaban J connectivity index is 1.96. The Bertz CT molecular complexity index is 1300. The van der Waals surface area contributed by atoms with Gasteiger partial charge in [0.05, 0.1) is 29.5 Å². The van der Waals surface area contributed by atoms with E-state index in [0.717, 1.165) is 21.1 Å². The maximum atomic E-state index is 13.0. The number of halogens is 3. The summed E-state index contributed by atoms with van der Waals surface area (Å²) in [5.41, 5.74) is -0.140. The van der Waals surface area contributed by atoms with Crippen LogP contribution in [0.5, 0.6) is 5.75 Å². The van der Waals surface area contributed by atoms with E-state index in [2.05, 4.69) is 10.4 Å². The lowest BCUT2D eigenvalue weighted by molar-refractivity contribution is -0.137. The highest BCUT2D eigenvalue weighted by atomic mass is 32.2. The van der Waals surface area contributed by atoms with E-state index in [1.807, 2.05) is 0 Å². The number of nitrogens with one attached hydrogen (secondary N) is 1. The molecule has 1 aromatic heterocycles. The fourth-order valence-electron chi connectivity index (χ4n) is 2.91. The summed E-state index contributed by atoms with van der Waals surface area (Å²) in [6, 6.07) is 8.74. The molecule has 0 radical (unpaired) electrons. The molecule has 0 fully saturated rings. The van der Waals surface area contributed by atoms with Crippen molar-refractivity contribution in [2.24, 2.45) is 0 Å². The predicted octanol–water partition coefficient (Wildman–Crippen LogP) is 3.71. The summed E-state index contributed by atoms with van der Waals surface area (Å²) in [5.74, 6) is -0.695. The number of benzene rings is 2. The van der Waals surface area contributed by atoms with Crippen molar-refractivity contribution in [3.8, 4) is 11.4 Å². The third kappa shape index (κ3) is 5.01. The smallest absolute Gasteiger partial charge is 0.416 e. The van der Waals surface area contributed by atoms with Gasteiger partial charge < -0.3 is 10.1 Å². The van der Waals surface area contributed by atoms with Gasteiger partial charge in [0.1, 0.15) is 0 Å². The Morgan fingerprint density at radius 3 is 2.45 bits per heavy atom. The van der Waals surface area contributed by atoms with Gasteiger partial charge in [-0.15, -0.1) is 0 Å². The van der Waals surface area contributed by atoms with Crippen LogP contribution in [-0.2, 0) is 16.2 Å². The van der Waals surface area contributed by atoms with Crippen LogP contribution in [0.3, 0.4) is 0 Å². The second-order valence-corrected chi connectivity index (χ2v) is 9.41. The molecule has 0 saturated carbocycles. The molecule has 0 aliphatic heterocycles. The number of ether oxygens (including phenoxy) is 1. The molecule has 0 bridgehead atoms. The summed E-state index contributed by atoms with van der Waals surface area (Å²) in [4.78, 5) is 12.9. The van der Waals surface area contributed by atoms with Crippen LogP contribution in [0.15, 0.2) is 53.6 Å². The maximum Gasteiger partial charge on any atom is 0.416 e. The first-order chi connectivity index (χ1) is 15.3. The molecule has 0 aliphatic rings. The SMILES string of the molecule is COc1cn(-c2cccc(C(F)(F)F)c2)nc1C(=O)Nc1cc(S(=O)(=O)N(C)C)ccc1C. The molecule has 8 nitrogen and oxygen atoms in total. The number of hydrogen-bond acceptors (Lipinski definition) is 5. The average Bonchev–Trinajstić information content (AvgIpc) is 3.19. The van der Waals surface area contributed by atoms with Crippen molar-refractivity contribution in [2.75, 3.05) is 26.5 Å². The van der Waals surface area contributed by atoms with E-state index < -0.39 is 27.7 Å². The van der Waals surface area contributed by atoms with Gasteiger partial charge in [-0.3, -0.25) is 4.79 Å². The van der Waals surface area contributed by atoms with Crippen LogP contribution in [0.2, 0.25) is 0 Å². The zero-order chi connectivity index (χ0) is 24.6. The molecule has 12 heteroatoms. The molecule has 1 heterocycles. The van der Waals surface area contributed by atoms with Crippen molar-refractivity contribution >= 4 is 21.6 Å². The van der Waals surface area contributed by atoms with Crippen molar-refractivity contribution < 1.29 is 31.1 Å². The summed E-state index contributed by atoms with van der Waals surface area (Å²) < 4.78 is 71.3. The summed E-state index contributed by atoms with van der Waals surface area (Å²) in [6.45, 7) is 1.68. The number of anilines is 1. The minimum atomic E-state index is -4.54. The van der Waals surface area contributed by atoms with Crippen LogP contribution in [0.25, 0.3) is 5.69 Å². The molecule has 0 aliphatic carbocycles. The zero-order valence-electron chi connectivity index (χ0n) is 18.1. The molecule has 0 unspecified atom stereocenters. The second kappa shape index (κ2) is 8.87. The summed E-state index contributed by atoms with van der Waals surface area (Å²) in [5, 5.41) is 6.68. The molecule has 33 heavy (non-hydrogen) atoms. The third-order valence-corrected chi connectivity index (χ3v) is 6.60. The monoisotopic (exact) mass is 482 g/mol. The molecular weight excluding hydrogens is 461 g/mol. The van der Waals surface area contributed by atoms with Crippen LogP contribution in [0.1, 0.15) is 21.6 Å². The third-order valence-electron chi connectivity index (χ3n) is 4.79. The number of rotatable bonds is 6. The normalized spacial score (nSPS) is 12.1. The van der Waals surface area contributed by atoms with E-state index in [4.69, 9.17) is 4.74 Å². The maximum absolute atomic E-state index is 13.0. The van der Waals surface area contributed by atoms with Crippen molar-refractivity contribution in [1.29, 1.82) is 0 Å².